The average molecular weight is 89.0 g/mol. The minimum atomic E-state index is -0.938. The van der Waals surface area contributed by atoms with Crippen LogP contribution in [0.2, 0.25) is 0 Å². The minimum Gasteiger partial charge on any atom is -0.285 e. The predicted molar refractivity (Wildman–Crippen MR) is 18.3 cm³/mol. The van der Waals surface area contributed by atoms with Crippen LogP contribution in [0.3, 0.4) is 0 Å². The average Bonchev–Trinajstić information content (AvgIpc) is 1.35. The Morgan fingerprint density at radius 1 is 2.00 bits per heavy atom. The highest BCUT2D eigenvalue weighted by molar-refractivity contribution is 4.41. The normalized spacial score (nSPS) is 6.67. The molecule has 0 aliphatic carbocycles. The van der Waals surface area contributed by atoms with Gasteiger partial charge in [-0.05, 0) is 0 Å². The van der Waals surface area contributed by atoms with Crippen LogP contribution in [-0.2, 0) is 4.84 Å². The molecule has 4 heteroatoms. The van der Waals surface area contributed by atoms with Crippen LogP contribution in [0.15, 0.2) is 12.8 Å². The lowest BCUT2D eigenvalue weighted by atomic mass is 11.2. The molecule has 0 amide bonds. The fourth-order valence-electron chi connectivity index (χ4n) is 0.0609. The van der Waals surface area contributed by atoms with Crippen LogP contribution >= 0.6 is 0 Å². The molecule has 0 radical (unpaired) electrons. The van der Waals surface area contributed by atoms with Crippen molar-refractivity contribution >= 4 is 0 Å². The van der Waals surface area contributed by atoms with E-state index in [1.807, 2.05) is 0 Å². The lowest BCUT2D eigenvalue weighted by Gasteiger charge is -1.77. The van der Waals surface area contributed by atoms with Gasteiger partial charge in [0.2, 0.25) is 0 Å². The van der Waals surface area contributed by atoms with Gasteiger partial charge in [-0.15, -0.1) is 10.1 Å². The Labute approximate surface area is 34.1 Å². The summed E-state index contributed by atoms with van der Waals surface area (Å²) in [6.45, 7) is 2.94. The zero-order valence-electron chi connectivity index (χ0n) is 2.96. The smallest absolute Gasteiger partial charge is 0.285 e. The van der Waals surface area contributed by atoms with Crippen LogP contribution in [0.5, 0.6) is 0 Å². The number of hydrogen-bond donors (Lipinski definition) is 0. The Morgan fingerprint density at radius 2 is 2.50 bits per heavy atom. The first-order chi connectivity index (χ1) is 2.77. The van der Waals surface area contributed by atoms with E-state index in [-0.39, 0.29) is 0 Å². The Bertz CT molecular complexity index is 69.2. The van der Waals surface area contributed by atoms with Gasteiger partial charge in [-0.2, -0.15) is 0 Å². The van der Waals surface area contributed by atoms with Crippen molar-refractivity contribution in [2.75, 3.05) is 0 Å². The van der Waals surface area contributed by atoms with Gasteiger partial charge in [0, 0.05) is 0 Å². The molecule has 0 spiro atoms. The number of nitrogens with zero attached hydrogens (tertiary/aromatic N) is 1. The first-order valence-corrected chi connectivity index (χ1v) is 1.19. The number of rotatable bonds is 2. The van der Waals surface area contributed by atoms with E-state index in [0.29, 0.717) is 0 Å². The first-order valence-electron chi connectivity index (χ1n) is 1.19. The van der Waals surface area contributed by atoms with Crippen molar-refractivity contribution in [1.82, 2.24) is 0 Å². The summed E-state index contributed by atoms with van der Waals surface area (Å²) in [6, 6.07) is 0. The summed E-state index contributed by atoms with van der Waals surface area (Å²) in [4.78, 5) is 12.6. The largest absolute Gasteiger partial charge is 0.299 e. The highest BCUT2D eigenvalue weighted by Gasteiger charge is 1.80. The third-order valence-electron chi connectivity index (χ3n) is 0.161. The van der Waals surface area contributed by atoms with Gasteiger partial charge >= 0.3 is 0 Å². The Kier molecular flexibility index (Phi) is 1.81. The lowest BCUT2D eigenvalue weighted by molar-refractivity contribution is -0.737. The van der Waals surface area contributed by atoms with Crippen LogP contribution < -0.4 is 0 Å². The van der Waals surface area contributed by atoms with Crippen molar-refractivity contribution in [3.63, 3.8) is 0 Å². The Morgan fingerprint density at radius 3 is 2.50 bits per heavy atom. The van der Waals surface area contributed by atoms with Crippen molar-refractivity contribution in [1.29, 1.82) is 0 Å². The fraction of sp³-hybridized carbons (Fsp3) is 0. The Hall–Kier alpha value is -1.06. The summed E-state index contributed by atoms with van der Waals surface area (Å²) >= 11 is 0. The summed E-state index contributed by atoms with van der Waals surface area (Å²) < 4.78 is 0. The molecule has 4 nitrogen and oxygen atoms in total. The molecule has 0 aromatic heterocycles. The summed E-state index contributed by atoms with van der Waals surface area (Å²) in [6.07, 6.45) is 0.750. The Balaban J connectivity index is 3.05. The molecule has 0 aliphatic rings. The predicted octanol–water partition coefficient (Wildman–Crippen LogP) is 0.338. The van der Waals surface area contributed by atoms with Crippen LogP contribution in [0.1, 0.15) is 0 Å². The molecule has 34 valence electrons. The van der Waals surface area contributed by atoms with E-state index >= 15 is 0 Å². The van der Waals surface area contributed by atoms with Crippen LogP contribution in [-0.4, -0.2) is 5.09 Å². The molecule has 0 saturated carbocycles. The molecule has 0 fully saturated rings. The highest BCUT2D eigenvalue weighted by atomic mass is 16.9. The highest BCUT2D eigenvalue weighted by Crippen LogP contribution is 1.68. The van der Waals surface area contributed by atoms with Gasteiger partial charge in [0.1, 0.15) is 0 Å². The second kappa shape index (κ2) is 2.19. The maximum atomic E-state index is 9.11. The topological polar surface area (TPSA) is 52.4 Å². The molecule has 0 aromatic carbocycles. The molecule has 0 atom stereocenters. The minimum absolute atomic E-state index is 0.750. The maximum absolute atomic E-state index is 9.11. The van der Waals surface area contributed by atoms with E-state index < -0.39 is 5.09 Å². The summed E-state index contributed by atoms with van der Waals surface area (Å²) in [5.41, 5.74) is 0. The van der Waals surface area contributed by atoms with E-state index in [0.717, 1.165) is 6.26 Å². The van der Waals surface area contributed by atoms with E-state index in [2.05, 4.69) is 11.4 Å². The monoisotopic (exact) mass is 89.0 g/mol. The third-order valence-corrected chi connectivity index (χ3v) is 0.161. The molecule has 0 unspecified atom stereocenters. The van der Waals surface area contributed by atoms with E-state index in [1.165, 1.54) is 0 Å². The van der Waals surface area contributed by atoms with Gasteiger partial charge in [-0.3, -0.25) is 4.84 Å². The van der Waals surface area contributed by atoms with Gasteiger partial charge < -0.3 is 0 Å². The summed E-state index contributed by atoms with van der Waals surface area (Å²) in [5, 5.41) is 8.17. The van der Waals surface area contributed by atoms with Gasteiger partial charge in [0.15, 0.2) is 0 Å². The van der Waals surface area contributed by atoms with Gasteiger partial charge in [-0.1, -0.05) is 6.58 Å². The summed E-state index contributed by atoms with van der Waals surface area (Å²) in [7, 11) is 0. The molecule has 6 heavy (non-hydrogen) atoms. The number of hydrogen-bond acceptors (Lipinski definition) is 3. The summed E-state index contributed by atoms with van der Waals surface area (Å²) in [5.74, 6) is 0. The van der Waals surface area contributed by atoms with Crippen LogP contribution in [0.25, 0.3) is 0 Å². The first kappa shape index (κ1) is 4.94. The maximum Gasteiger partial charge on any atom is 0.299 e. The molecular weight excluding hydrogens is 86.0 g/mol. The fourth-order valence-corrected chi connectivity index (χ4v) is 0.0609. The van der Waals surface area contributed by atoms with E-state index in [4.69, 9.17) is 10.1 Å². The molecule has 0 aliphatic heterocycles. The molecule has 0 saturated heterocycles. The molecule has 0 bridgehead atoms. The van der Waals surface area contributed by atoms with E-state index in [1.54, 1.807) is 0 Å². The third kappa shape index (κ3) is 2.94. The van der Waals surface area contributed by atoms with Crippen LogP contribution in [0, 0.1) is 10.1 Å². The van der Waals surface area contributed by atoms with Crippen molar-refractivity contribution in [2.45, 2.75) is 0 Å². The van der Waals surface area contributed by atoms with Gasteiger partial charge in [-0.25, -0.2) is 0 Å². The van der Waals surface area contributed by atoms with Gasteiger partial charge in [0.05, 0.1) is 6.26 Å². The second-order valence-electron chi connectivity index (χ2n) is 0.496. The zero-order chi connectivity index (χ0) is 4.99. The SMILES string of the molecule is C=CO[N+](=O)[O-]. The van der Waals surface area contributed by atoms with Crippen LogP contribution in [0.4, 0.5) is 0 Å². The van der Waals surface area contributed by atoms with Crippen molar-refractivity contribution in [2.24, 2.45) is 0 Å². The molecule has 0 rings (SSSR count). The molecule has 0 aromatic rings. The molecule has 0 heterocycles. The molecular formula is C2H3NO3. The van der Waals surface area contributed by atoms with Crippen molar-refractivity contribution in [3.05, 3.63) is 23.0 Å². The quantitative estimate of drug-likeness (QED) is 0.278. The second-order valence-corrected chi connectivity index (χ2v) is 0.496. The molecule has 0 N–H and O–H groups in total. The standard InChI is InChI=1S/C2H3NO3/c1-2-6-3(4)5/h2H,1H2. The van der Waals surface area contributed by atoms with Crippen molar-refractivity contribution in [3.8, 4) is 0 Å². The van der Waals surface area contributed by atoms with E-state index in [9.17, 15) is 0 Å². The van der Waals surface area contributed by atoms with Crippen molar-refractivity contribution < 1.29 is 9.92 Å². The van der Waals surface area contributed by atoms with Gasteiger partial charge in [0.25, 0.3) is 5.09 Å². The lowest BCUT2D eigenvalue weighted by Crippen LogP contribution is -1.90. The zero-order valence-corrected chi connectivity index (χ0v) is 2.96.